The summed E-state index contributed by atoms with van der Waals surface area (Å²) in [6, 6.07) is 3.60. The van der Waals surface area contributed by atoms with Crippen LogP contribution in [0.15, 0.2) is 24.3 Å². The summed E-state index contributed by atoms with van der Waals surface area (Å²) in [5.74, 6) is -1.74. The molecule has 0 radical (unpaired) electrons. The SMILES string of the molecule is CC[C@H](C)[C@@H]([C@@H](CC(=O)N1C[C@H](OC)CC1[C@H](OC)[C@@H](C)C(=O)N[C@H](C)C(=O)c1ccc(OC)cc1)OC)N(C)C(=O)[C@@H](NC(=O)[C@@H](NC)C(C)C)C(C)C. The molecule has 1 aliphatic heterocycles. The number of Topliss-reactive ketones (excluding diaryl/α,β-unsaturated/α-hetero) is 1. The summed E-state index contributed by atoms with van der Waals surface area (Å²) in [5.41, 5.74) is 0.439. The van der Waals surface area contributed by atoms with Crippen molar-refractivity contribution in [3.05, 3.63) is 29.8 Å². The average molecular weight is 776 g/mol. The minimum atomic E-state index is -0.808. The Morgan fingerprint density at radius 2 is 1.45 bits per heavy atom. The predicted octanol–water partition coefficient (Wildman–Crippen LogP) is 3.31. The minimum absolute atomic E-state index is 0.0162. The zero-order valence-electron chi connectivity index (χ0n) is 35.6. The van der Waals surface area contributed by atoms with Gasteiger partial charge in [-0.25, -0.2) is 0 Å². The molecule has 2 rings (SSSR count). The lowest BCUT2D eigenvalue weighted by Gasteiger charge is -2.41. The van der Waals surface area contributed by atoms with Crippen LogP contribution in [-0.4, -0.2) is 137 Å². The maximum absolute atomic E-state index is 14.3. The zero-order valence-corrected chi connectivity index (χ0v) is 35.6. The van der Waals surface area contributed by atoms with E-state index in [1.54, 1.807) is 76.2 Å². The Bertz CT molecular complexity index is 1410. The van der Waals surface area contributed by atoms with Crippen molar-refractivity contribution in [1.29, 1.82) is 0 Å². The predicted molar refractivity (Wildman–Crippen MR) is 212 cm³/mol. The third-order valence-corrected chi connectivity index (χ3v) is 11.2. The topological polar surface area (TPSA) is 165 Å². The number of methoxy groups -OCH3 is 4. The number of ether oxygens (including phenoxy) is 4. The fourth-order valence-corrected chi connectivity index (χ4v) is 7.62. The number of likely N-dealkylation sites (N-methyl/N-ethyl adjacent to an activating group) is 2. The van der Waals surface area contributed by atoms with Crippen LogP contribution in [0.2, 0.25) is 0 Å². The highest BCUT2D eigenvalue weighted by atomic mass is 16.5. The molecule has 1 fully saturated rings. The largest absolute Gasteiger partial charge is 0.497 e. The van der Waals surface area contributed by atoms with E-state index < -0.39 is 48.3 Å². The first-order valence-corrected chi connectivity index (χ1v) is 19.5. The molecule has 4 amide bonds. The molecular weight excluding hydrogens is 706 g/mol. The van der Waals surface area contributed by atoms with Crippen molar-refractivity contribution in [3.63, 3.8) is 0 Å². The van der Waals surface area contributed by atoms with E-state index in [0.29, 0.717) is 24.2 Å². The summed E-state index contributed by atoms with van der Waals surface area (Å²) >= 11 is 0. The van der Waals surface area contributed by atoms with Crippen molar-refractivity contribution in [3.8, 4) is 5.75 Å². The number of carbonyl (C=O) groups excluding carboxylic acids is 5. The maximum atomic E-state index is 14.3. The monoisotopic (exact) mass is 776 g/mol. The number of likely N-dealkylation sites (tertiary alicyclic amines) is 1. The van der Waals surface area contributed by atoms with Crippen LogP contribution in [0.1, 0.15) is 85.0 Å². The molecular formula is C41H69N5O9. The number of nitrogens with zero attached hydrogens (tertiary/aromatic N) is 2. The highest BCUT2D eigenvalue weighted by Gasteiger charge is 2.46. The molecule has 1 aliphatic rings. The Balaban J connectivity index is 2.32. The molecule has 1 aromatic carbocycles. The standard InChI is InChI=1S/C41H69N5O9/c1-15-25(6)36(45(10)41(51)35(24(4)5)44-40(50)34(42-9)23(2)3)32(54-13)21-33(47)46-22-30(53-12)20-31(46)38(55-14)26(7)39(49)43-27(8)37(48)28-16-18-29(52-11)19-17-28/h16-19,23-27,30-32,34-36,38,42H,15,20-22H2,1-14H3,(H,43,49)(H,44,50)/t25-,26+,27+,30+,31?,32+,34-,35-,36-,38+/m0/s1. The molecule has 14 heteroatoms. The van der Waals surface area contributed by atoms with Crippen LogP contribution in [0.5, 0.6) is 5.75 Å². The second-order valence-corrected chi connectivity index (χ2v) is 15.6. The van der Waals surface area contributed by atoms with E-state index in [-0.39, 0.29) is 66.2 Å². The Labute approximate surface area is 329 Å². The smallest absolute Gasteiger partial charge is 0.245 e. The lowest BCUT2D eigenvalue weighted by atomic mass is 9.89. The van der Waals surface area contributed by atoms with Gasteiger partial charge < -0.3 is 44.7 Å². The summed E-state index contributed by atoms with van der Waals surface area (Å²) in [4.78, 5) is 71.8. The fourth-order valence-electron chi connectivity index (χ4n) is 7.62. The van der Waals surface area contributed by atoms with Crippen LogP contribution < -0.4 is 20.7 Å². The minimum Gasteiger partial charge on any atom is -0.497 e. The van der Waals surface area contributed by atoms with Crippen LogP contribution in [-0.2, 0) is 33.4 Å². The van der Waals surface area contributed by atoms with Gasteiger partial charge in [0.15, 0.2) is 5.78 Å². The van der Waals surface area contributed by atoms with Gasteiger partial charge in [-0.2, -0.15) is 0 Å². The van der Waals surface area contributed by atoms with E-state index >= 15 is 0 Å². The molecule has 1 aromatic rings. The Morgan fingerprint density at radius 3 is 1.93 bits per heavy atom. The van der Waals surface area contributed by atoms with Crippen molar-refractivity contribution in [2.45, 2.75) is 123 Å². The summed E-state index contributed by atoms with van der Waals surface area (Å²) in [7, 11) is 9.59. The molecule has 10 atom stereocenters. The second kappa shape index (κ2) is 22.2. The molecule has 0 bridgehead atoms. The first-order chi connectivity index (χ1) is 25.9. The fraction of sp³-hybridized carbons (Fsp3) is 0.732. The van der Waals surface area contributed by atoms with Gasteiger partial charge in [0.1, 0.15) is 11.8 Å². The van der Waals surface area contributed by atoms with Gasteiger partial charge in [0.25, 0.3) is 0 Å². The number of rotatable bonds is 22. The molecule has 1 saturated heterocycles. The average Bonchev–Trinajstić information content (AvgIpc) is 3.60. The van der Waals surface area contributed by atoms with Gasteiger partial charge in [-0.3, -0.25) is 24.0 Å². The Hall–Kier alpha value is -3.59. The van der Waals surface area contributed by atoms with E-state index in [9.17, 15) is 24.0 Å². The number of ketones is 1. The van der Waals surface area contributed by atoms with Crippen molar-refractivity contribution in [1.82, 2.24) is 25.8 Å². The Kier molecular flexibility index (Phi) is 19.2. The summed E-state index contributed by atoms with van der Waals surface area (Å²) < 4.78 is 22.9. The number of nitrogens with one attached hydrogen (secondary N) is 3. The number of carbonyl (C=O) groups is 5. The van der Waals surface area contributed by atoms with Crippen molar-refractivity contribution in [2.75, 3.05) is 49.1 Å². The van der Waals surface area contributed by atoms with Gasteiger partial charge >= 0.3 is 0 Å². The van der Waals surface area contributed by atoms with Gasteiger partial charge in [0.05, 0.1) is 61.9 Å². The molecule has 14 nitrogen and oxygen atoms in total. The number of benzene rings is 1. The van der Waals surface area contributed by atoms with Gasteiger partial charge in [0.2, 0.25) is 23.6 Å². The van der Waals surface area contributed by atoms with Crippen LogP contribution in [0, 0.1) is 23.7 Å². The van der Waals surface area contributed by atoms with Crippen LogP contribution in [0.3, 0.4) is 0 Å². The van der Waals surface area contributed by atoms with Gasteiger partial charge in [0, 0.05) is 40.5 Å². The molecule has 0 aromatic heterocycles. The van der Waals surface area contributed by atoms with Crippen molar-refractivity contribution >= 4 is 29.4 Å². The highest BCUT2D eigenvalue weighted by molar-refractivity contribution is 6.02. The van der Waals surface area contributed by atoms with E-state index in [4.69, 9.17) is 18.9 Å². The Morgan fingerprint density at radius 1 is 0.855 bits per heavy atom. The van der Waals surface area contributed by atoms with Crippen LogP contribution >= 0.6 is 0 Å². The molecule has 55 heavy (non-hydrogen) atoms. The van der Waals surface area contributed by atoms with Gasteiger partial charge in [-0.15, -0.1) is 0 Å². The third-order valence-electron chi connectivity index (χ3n) is 11.2. The van der Waals surface area contributed by atoms with Crippen molar-refractivity contribution in [2.24, 2.45) is 23.7 Å². The highest BCUT2D eigenvalue weighted by Crippen LogP contribution is 2.31. The number of hydrogen-bond donors (Lipinski definition) is 3. The maximum Gasteiger partial charge on any atom is 0.245 e. The number of hydrogen-bond acceptors (Lipinski definition) is 10. The van der Waals surface area contributed by atoms with Crippen LogP contribution in [0.4, 0.5) is 0 Å². The zero-order chi connectivity index (χ0) is 41.7. The molecule has 312 valence electrons. The molecule has 1 unspecified atom stereocenters. The quantitative estimate of drug-likeness (QED) is 0.149. The van der Waals surface area contributed by atoms with Crippen molar-refractivity contribution < 1.29 is 42.9 Å². The summed E-state index contributed by atoms with van der Waals surface area (Å²) in [6.45, 7) is 15.3. The first kappa shape index (κ1) is 47.6. The number of amides is 4. The lowest BCUT2D eigenvalue weighted by Crippen LogP contribution is -2.59. The molecule has 3 N–H and O–H groups in total. The third kappa shape index (κ3) is 12.2. The van der Waals surface area contributed by atoms with Gasteiger partial charge in [-0.1, -0.05) is 54.9 Å². The molecule has 0 spiro atoms. The van der Waals surface area contributed by atoms with E-state index in [2.05, 4.69) is 16.0 Å². The van der Waals surface area contributed by atoms with E-state index in [1.165, 1.54) is 14.2 Å². The van der Waals surface area contributed by atoms with Crippen LogP contribution in [0.25, 0.3) is 0 Å². The molecule has 0 saturated carbocycles. The lowest BCUT2D eigenvalue weighted by molar-refractivity contribution is -0.148. The van der Waals surface area contributed by atoms with E-state index in [1.807, 2.05) is 41.5 Å². The van der Waals surface area contributed by atoms with E-state index in [0.717, 1.165) is 0 Å². The second-order valence-electron chi connectivity index (χ2n) is 15.6. The van der Waals surface area contributed by atoms with Gasteiger partial charge in [-0.05, 0) is 62.4 Å². The summed E-state index contributed by atoms with van der Waals surface area (Å²) in [5, 5.41) is 8.85. The normalized spacial score (nSPS) is 20.2. The molecule has 0 aliphatic carbocycles. The summed E-state index contributed by atoms with van der Waals surface area (Å²) in [6.07, 6.45) is -0.603. The molecule has 1 heterocycles. The first-order valence-electron chi connectivity index (χ1n) is 19.5.